The van der Waals surface area contributed by atoms with Gasteiger partial charge in [0.2, 0.25) is 11.8 Å². The average Bonchev–Trinajstić information content (AvgIpc) is 3.46. The molecule has 146 valence electrons. The van der Waals surface area contributed by atoms with E-state index in [0.717, 1.165) is 5.56 Å². The highest BCUT2D eigenvalue weighted by atomic mass is 16.6. The molecule has 0 unspecified atom stereocenters. The number of hydrogen-bond donors (Lipinski definition) is 2. The van der Waals surface area contributed by atoms with Crippen LogP contribution in [-0.2, 0) is 14.3 Å². The molecule has 0 atom stereocenters. The summed E-state index contributed by atoms with van der Waals surface area (Å²) < 4.78 is 5.00. The van der Waals surface area contributed by atoms with Gasteiger partial charge in [-0.1, -0.05) is 17.7 Å². The molecule has 1 aliphatic carbocycles. The van der Waals surface area contributed by atoms with Crippen molar-refractivity contribution in [3.63, 3.8) is 0 Å². The Labute approximate surface area is 159 Å². The molecule has 2 fully saturated rings. The van der Waals surface area contributed by atoms with Gasteiger partial charge in [0.05, 0.1) is 6.61 Å². The smallest absolute Gasteiger partial charge is 0.409 e. The fraction of sp³-hybridized carbons (Fsp3) is 0.550. The SMILES string of the molecule is CCOC(=O)N1CCC(NC(=O)C2(C(=O)Nc3ccc(C)cc3)CC2)CC1. The standard InChI is InChI=1S/C20H27N3O4/c1-3-27-19(26)23-12-8-16(9-13-23)22-18(25)20(10-11-20)17(24)21-15-6-4-14(2)5-7-15/h4-7,16H,3,8-13H2,1-2H3,(H,21,24)(H,22,25). The van der Waals surface area contributed by atoms with Gasteiger partial charge in [-0.15, -0.1) is 0 Å². The molecule has 1 aromatic rings. The average molecular weight is 373 g/mol. The van der Waals surface area contributed by atoms with Crippen molar-refractivity contribution >= 4 is 23.6 Å². The molecule has 1 saturated heterocycles. The normalized spacial score (nSPS) is 18.5. The third kappa shape index (κ3) is 4.40. The summed E-state index contributed by atoms with van der Waals surface area (Å²) in [6, 6.07) is 7.51. The Kier molecular flexibility index (Phi) is 5.68. The van der Waals surface area contributed by atoms with Gasteiger partial charge in [-0.2, -0.15) is 0 Å². The first kappa shape index (κ1) is 19.2. The highest BCUT2D eigenvalue weighted by Crippen LogP contribution is 2.47. The predicted molar refractivity (Wildman–Crippen MR) is 101 cm³/mol. The lowest BCUT2D eigenvalue weighted by molar-refractivity contribution is -0.135. The maximum Gasteiger partial charge on any atom is 0.409 e. The number of amides is 3. The van der Waals surface area contributed by atoms with Crippen molar-refractivity contribution in [1.82, 2.24) is 10.2 Å². The van der Waals surface area contributed by atoms with Crippen LogP contribution in [0.15, 0.2) is 24.3 Å². The summed E-state index contributed by atoms with van der Waals surface area (Å²) in [5.74, 6) is -0.450. The number of rotatable bonds is 5. The van der Waals surface area contributed by atoms with Crippen LogP contribution in [-0.4, -0.2) is 48.5 Å². The summed E-state index contributed by atoms with van der Waals surface area (Å²) >= 11 is 0. The van der Waals surface area contributed by atoms with Crippen molar-refractivity contribution < 1.29 is 19.1 Å². The van der Waals surface area contributed by atoms with E-state index < -0.39 is 5.41 Å². The minimum atomic E-state index is -0.955. The lowest BCUT2D eigenvalue weighted by Crippen LogP contribution is -2.50. The maximum absolute atomic E-state index is 12.7. The fourth-order valence-electron chi connectivity index (χ4n) is 3.31. The Balaban J connectivity index is 1.51. The Bertz CT molecular complexity index is 704. The van der Waals surface area contributed by atoms with Gasteiger partial charge >= 0.3 is 6.09 Å². The van der Waals surface area contributed by atoms with Gasteiger partial charge in [0.1, 0.15) is 5.41 Å². The topological polar surface area (TPSA) is 87.7 Å². The molecule has 27 heavy (non-hydrogen) atoms. The van der Waals surface area contributed by atoms with Gasteiger partial charge in [-0.05, 0) is 51.7 Å². The zero-order chi connectivity index (χ0) is 19.4. The zero-order valence-electron chi connectivity index (χ0n) is 15.9. The summed E-state index contributed by atoms with van der Waals surface area (Å²) in [5, 5.41) is 5.87. The van der Waals surface area contributed by atoms with Gasteiger partial charge in [-0.25, -0.2) is 4.79 Å². The first-order chi connectivity index (χ1) is 12.9. The van der Waals surface area contributed by atoms with Crippen molar-refractivity contribution in [3.8, 4) is 0 Å². The van der Waals surface area contributed by atoms with Crippen LogP contribution in [0.4, 0.5) is 10.5 Å². The summed E-state index contributed by atoms with van der Waals surface area (Å²) in [5.41, 5.74) is 0.858. The van der Waals surface area contributed by atoms with Crippen LogP contribution in [0.25, 0.3) is 0 Å². The molecule has 2 N–H and O–H groups in total. The van der Waals surface area contributed by atoms with E-state index in [1.807, 2.05) is 31.2 Å². The predicted octanol–water partition coefficient (Wildman–Crippen LogP) is 2.45. The highest BCUT2D eigenvalue weighted by molar-refractivity contribution is 6.13. The number of anilines is 1. The van der Waals surface area contributed by atoms with Gasteiger partial charge in [0.25, 0.3) is 0 Å². The Morgan fingerprint density at radius 2 is 1.74 bits per heavy atom. The second kappa shape index (κ2) is 7.98. The van der Waals surface area contributed by atoms with E-state index in [9.17, 15) is 14.4 Å². The van der Waals surface area contributed by atoms with E-state index in [4.69, 9.17) is 4.74 Å². The number of carbonyl (C=O) groups is 3. The number of hydrogen-bond acceptors (Lipinski definition) is 4. The van der Waals surface area contributed by atoms with E-state index in [1.165, 1.54) is 0 Å². The van der Waals surface area contributed by atoms with Crippen LogP contribution in [0.2, 0.25) is 0 Å². The highest BCUT2D eigenvalue weighted by Gasteiger charge is 2.56. The number of piperidine rings is 1. The molecule has 2 aliphatic rings. The van der Waals surface area contributed by atoms with Crippen LogP contribution in [0.1, 0.15) is 38.2 Å². The Morgan fingerprint density at radius 1 is 1.11 bits per heavy atom. The molecule has 7 nitrogen and oxygen atoms in total. The lowest BCUT2D eigenvalue weighted by atomic mass is 10.0. The van der Waals surface area contributed by atoms with E-state index in [2.05, 4.69) is 10.6 Å². The van der Waals surface area contributed by atoms with Gasteiger partial charge in [0.15, 0.2) is 0 Å². The van der Waals surface area contributed by atoms with Crippen LogP contribution in [0.3, 0.4) is 0 Å². The molecule has 3 rings (SSSR count). The summed E-state index contributed by atoms with van der Waals surface area (Å²) in [4.78, 5) is 38.8. The molecule has 0 aromatic heterocycles. The quantitative estimate of drug-likeness (QED) is 0.776. The molecule has 7 heteroatoms. The molecule has 0 spiro atoms. The summed E-state index contributed by atoms with van der Waals surface area (Å²) in [6.45, 7) is 5.21. The Morgan fingerprint density at radius 3 is 2.30 bits per heavy atom. The first-order valence-electron chi connectivity index (χ1n) is 9.55. The maximum atomic E-state index is 12.7. The number of ether oxygens (including phenoxy) is 1. The second-order valence-corrected chi connectivity index (χ2v) is 7.34. The minimum Gasteiger partial charge on any atom is -0.450 e. The van der Waals surface area contributed by atoms with Gasteiger partial charge < -0.3 is 20.3 Å². The Hall–Kier alpha value is -2.57. The van der Waals surface area contributed by atoms with Crippen LogP contribution in [0.5, 0.6) is 0 Å². The number of nitrogens with zero attached hydrogens (tertiary/aromatic N) is 1. The van der Waals surface area contributed by atoms with Crippen molar-refractivity contribution in [2.24, 2.45) is 5.41 Å². The molecule has 1 aliphatic heterocycles. The second-order valence-electron chi connectivity index (χ2n) is 7.34. The van der Waals surface area contributed by atoms with Gasteiger partial charge in [0, 0.05) is 24.8 Å². The van der Waals surface area contributed by atoms with E-state index in [1.54, 1.807) is 11.8 Å². The number of likely N-dealkylation sites (tertiary alicyclic amines) is 1. The molecule has 1 heterocycles. The summed E-state index contributed by atoms with van der Waals surface area (Å²) in [6.07, 6.45) is 2.16. The summed E-state index contributed by atoms with van der Waals surface area (Å²) in [7, 11) is 0. The minimum absolute atomic E-state index is 0.0205. The van der Waals surface area contributed by atoms with Crippen molar-refractivity contribution in [1.29, 1.82) is 0 Å². The van der Waals surface area contributed by atoms with Crippen molar-refractivity contribution in [3.05, 3.63) is 29.8 Å². The van der Waals surface area contributed by atoms with Crippen molar-refractivity contribution in [2.75, 3.05) is 25.0 Å². The monoisotopic (exact) mass is 373 g/mol. The zero-order valence-corrected chi connectivity index (χ0v) is 15.9. The number of aryl methyl sites for hydroxylation is 1. The van der Waals surface area contributed by atoms with Crippen LogP contribution < -0.4 is 10.6 Å². The third-order valence-electron chi connectivity index (χ3n) is 5.28. The number of benzene rings is 1. The number of nitrogens with one attached hydrogen (secondary N) is 2. The molecular formula is C20H27N3O4. The third-order valence-corrected chi connectivity index (χ3v) is 5.28. The molecule has 0 radical (unpaired) electrons. The van der Waals surface area contributed by atoms with Crippen LogP contribution in [0, 0.1) is 12.3 Å². The molecule has 0 bridgehead atoms. The first-order valence-corrected chi connectivity index (χ1v) is 9.55. The van der Waals surface area contributed by atoms with Gasteiger partial charge in [-0.3, -0.25) is 9.59 Å². The van der Waals surface area contributed by atoms with E-state index >= 15 is 0 Å². The van der Waals surface area contributed by atoms with Crippen molar-refractivity contribution in [2.45, 2.75) is 45.6 Å². The van der Waals surface area contributed by atoms with E-state index in [-0.39, 0.29) is 23.9 Å². The molecule has 1 aromatic carbocycles. The lowest BCUT2D eigenvalue weighted by Gasteiger charge is -2.32. The van der Waals surface area contributed by atoms with Crippen LogP contribution >= 0.6 is 0 Å². The largest absolute Gasteiger partial charge is 0.450 e. The van der Waals surface area contributed by atoms with E-state index in [0.29, 0.717) is 51.1 Å². The molecule has 1 saturated carbocycles. The number of carbonyl (C=O) groups excluding carboxylic acids is 3. The molecular weight excluding hydrogens is 346 g/mol. The fourth-order valence-corrected chi connectivity index (χ4v) is 3.31. The molecule has 3 amide bonds.